The van der Waals surface area contributed by atoms with Crippen LogP contribution in [0.25, 0.3) is 6.08 Å². The summed E-state index contributed by atoms with van der Waals surface area (Å²) >= 11 is 0. The van der Waals surface area contributed by atoms with Crippen LogP contribution in [0.15, 0.2) is 65.6 Å². The van der Waals surface area contributed by atoms with Crippen LogP contribution in [-0.2, 0) is 14.8 Å². The summed E-state index contributed by atoms with van der Waals surface area (Å²) in [5.74, 6) is 0. The lowest BCUT2D eigenvalue weighted by Gasteiger charge is -2.33. The molecule has 0 aromatic heterocycles. The summed E-state index contributed by atoms with van der Waals surface area (Å²) in [6.07, 6.45) is 3.62. The summed E-state index contributed by atoms with van der Waals surface area (Å²) < 4.78 is 32.1. The van der Waals surface area contributed by atoms with Crippen molar-refractivity contribution in [1.82, 2.24) is 9.21 Å². The number of nitrogens with one attached hydrogen (secondary N) is 1. The molecule has 7 nitrogen and oxygen atoms in total. The fourth-order valence-electron chi connectivity index (χ4n) is 3.20. The number of carbonyl (C=O) groups is 1. The number of nitrogens with zero attached hydrogens (tertiary/aromatic N) is 2. The maximum atomic E-state index is 12.9. The van der Waals surface area contributed by atoms with E-state index in [0.717, 1.165) is 12.1 Å². The van der Waals surface area contributed by atoms with Crippen molar-refractivity contribution >= 4 is 27.9 Å². The Morgan fingerprint density at radius 2 is 1.70 bits per heavy atom. The van der Waals surface area contributed by atoms with Gasteiger partial charge in [-0.3, -0.25) is 10.2 Å². The van der Waals surface area contributed by atoms with Gasteiger partial charge in [0.1, 0.15) is 0 Å². The number of anilines is 1. The Kier molecular flexibility index (Phi) is 7.62. The molecule has 8 heteroatoms. The summed E-state index contributed by atoms with van der Waals surface area (Å²) in [5.41, 5.74) is 1.64. The molecule has 1 aliphatic heterocycles. The van der Waals surface area contributed by atoms with Crippen LogP contribution in [0.4, 0.5) is 10.5 Å². The van der Waals surface area contributed by atoms with Crippen LogP contribution in [-0.4, -0.2) is 63.0 Å². The van der Waals surface area contributed by atoms with E-state index < -0.39 is 16.1 Å². The normalized spacial score (nSPS) is 15.9. The van der Waals surface area contributed by atoms with Gasteiger partial charge in [-0.1, -0.05) is 42.5 Å². The van der Waals surface area contributed by atoms with Gasteiger partial charge in [-0.15, -0.1) is 0 Å². The van der Waals surface area contributed by atoms with Crippen LogP contribution in [0.1, 0.15) is 12.5 Å². The summed E-state index contributed by atoms with van der Waals surface area (Å²) in [4.78, 5) is 13.9. The fraction of sp³-hybridized carbons (Fsp3) is 0.318. The van der Waals surface area contributed by atoms with E-state index in [0.29, 0.717) is 31.9 Å². The molecule has 30 heavy (non-hydrogen) atoms. The number of ether oxygens (including phenoxy) is 1. The first-order valence-corrected chi connectivity index (χ1v) is 11.4. The Bertz CT molecular complexity index is 952. The van der Waals surface area contributed by atoms with Crippen molar-refractivity contribution in [2.45, 2.75) is 11.8 Å². The average molecular weight is 430 g/mol. The number of sulfonamides is 1. The van der Waals surface area contributed by atoms with Crippen molar-refractivity contribution in [3.8, 4) is 0 Å². The molecule has 1 saturated heterocycles. The van der Waals surface area contributed by atoms with Crippen LogP contribution in [0, 0.1) is 0 Å². The van der Waals surface area contributed by atoms with Gasteiger partial charge in [0.15, 0.2) is 0 Å². The standard InChI is InChI=1S/C22H27N3O4S/c1-2-29-22(26)23-20-10-12-21(13-11-20)30(27,28)25-17-15-24(16-18-25)14-6-9-19-7-4-3-5-8-19/h3-13H,2,14-18H2,1H3,(H,23,26)/b9-6+. The Labute approximate surface area is 178 Å². The van der Waals surface area contributed by atoms with Crippen LogP contribution in [0.3, 0.4) is 0 Å². The van der Waals surface area contributed by atoms with Gasteiger partial charge >= 0.3 is 6.09 Å². The third-order valence-corrected chi connectivity index (χ3v) is 6.73. The Balaban J connectivity index is 1.52. The van der Waals surface area contributed by atoms with Crippen LogP contribution < -0.4 is 5.32 Å². The van der Waals surface area contributed by atoms with Crippen LogP contribution in [0.2, 0.25) is 0 Å². The minimum atomic E-state index is -3.56. The van der Waals surface area contributed by atoms with Crippen molar-refractivity contribution in [3.63, 3.8) is 0 Å². The highest BCUT2D eigenvalue weighted by molar-refractivity contribution is 7.89. The maximum absolute atomic E-state index is 12.9. The number of amides is 1. The molecule has 160 valence electrons. The molecule has 0 unspecified atom stereocenters. The van der Waals surface area contributed by atoms with E-state index >= 15 is 0 Å². The number of piperazine rings is 1. The van der Waals surface area contributed by atoms with Gasteiger partial charge in [0.05, 0.1) is 11.5 Å². The summed E-state index contributed by atoms with van der Waals surface area (Å²) in [6.45, 7) is 5.04. The molecule has 1 N–H and O–H groups in total. The Hall–Kier alpha value is -2.68. The quantitative estimate of drug-likeness (QED) is 0.731. The molecule has 2 aromatic carbocycles. The first-order valence-electron chi connectivity index (χ1n) is 9.97. The minimum absolute atomic E-state index is 0.217. The topological polar surface area (TPSA) is 78.9 Å². The summed E-state index contributed by atoms with van der Waals surface area (Å²) in [6, 6.07) is 16.2. The largest absolute Gasteiger partial charge is 0.450 e. The van der Waals surface area contributed by atoms with Crippen molar-refractivity contribution < 1.29 is 17.9 Å². The van der Waals surface area contributed by atoms with E-state index in [-0.39, 0.29) is 11.5 Å². The number of benzene rings is 2. The zero-order chi connectivity index (χ0) is 21.4. The third kappa shape index (κ3) is 5.91. The Morgan fingerprint density at radius 3 is 2.33 bits per heavy atom. The lowest BCUT2D eigenvalue weighted by atomic mass is 10.2. The van der Waals surface area contributed by atoms with Crippen molar-refractivity contribution in [1.29, 1.82) is 0 Å². The molecule has 2 aromatic rings. The van der Waals surface area contributed by atoms with E-state index in [1.807, 2.05) is 18.2 Å². The van der Waals surface area contributed by atoms with Crippen LogP contribution in [0.5, 0.6) is 0 Å². The average Bonchev–Trinajstić information content (AvgIpc) is 2.75. The molecule has 1 fully saturated rings. The highest BCUT2D eigenvalue weighted by Gasteiger charge is 2.28. The van der Waals surface area contributed by atoms with E-state index in [2.05, 4.69) is 34.5 Å². The number of hydrogen-bond donors (Lipinski definition) is 1. The molecule has 1 aliphatic rings. The predicted octanol–water partition coefficient (Wildman–Crippen LogP) is 3.27. The van der Waals surface area contributed by atoms with E-state index in [9.17, 15) is 13.2 Å². The lowest BCUT2D eigenvalue weighted by Crippen LogP contribution is -2.48. The molecule has 0 atom stereocenters. The first kappa shape index (κ1) is 22.0. The number of hydrogen-bond acceptors (Lipinski definition) is 5. The van der Waals surface area contributed by atoms with Gasteiger partial charge in [-0.2, -0.15) is 4.31 Å². The van der Waals surface area contributed by atoms with Crippen molar-refractivity contribution in [2.75, 3.05) is 44.6 Å². The smallest absolute Gasteiger partial charge is 0.411 e. The van der Waals surface area contributed by atoms with Gasteiger partial charge in [0.2, 0.25) is 10.0 Å². The van der Waals surface area contributed by atoms with E-state index in [1.54, 1.807) is 19.1 Å². The number of rotatable bonds is 7. The molecule has 1 heterocycles. The molecular formula is C22H27N3O4S. The second-order valence-corrected chi connectivity index (χ2v) is 8.83. The zero-order valence-corrected chi connectivity index (χ0v) is 17.8. The van der Waals surface area contributed by atoms with Gasteiger partial charge in [0, 0.05) is 38.4 Å². The van der Waals surface area contributed by atoms with E-state index in [4.69, 9.17) is 4.74 Å². The third-order valence-electron chi connectivity index (χ3n) is 4.82. The number of carbonyl (C=O) groups excluding carboxylic acids is 1. The highest BCUT2D eigenvalue weighted by Crippen LogP contribution is 2.20. The molecule has 0 radical (unpaired) electrons. The fourth-order valence-corrected chi connectivity index (χ4v) is 4.62. The van der Waals surface area contributed by atoms with E-state index in [1.165, 1.54) is 16.4 Å². The van der Waals surface area contributed by atoms with Gasteiger partial charge in [-0.05, 0) is 36.8 Å². The molecule has 0 bridgehead atoms. The lowest BCUT2D eigenvalue weighted by molar-refractivity contribution is 0.168. The molecule has 0 aliphatic carbocycles. The van der Waals surface area contributed by atoms with Crippen molar-refractivity contribution in [3.05, 3.63) is 66.2 Å². The monoisotopic (exact) mass is 429 g/mol. The molecule has 0 spiro atoms. The molecule has 3 rings (SSSR count). The second-order valence-electron chi connectivity index (χ2n) is 6.89. The van der Waals surface area contributed by atoms with Crippen molar-refractivity contribution in [2.24, 2.45) is 0 Å². The Morgan fingerprint density at radius 1 is 1.03 bits per heavy atom. The first-order chi connectivity index (χ1) is 14.5. The minimum Gasteiger partial charge on any atom is -0.450 e. The SMILES string of the molecule is CCOC(=O)Nc1ccc(S(=O)(=O)N2CCN(C/C=C/c3ccccc3)CC2)cc1. The maximum Gasteiger partial charge on any atom is 0.411 e. The van der Waals surface area contributed by atoms with Gasteiger partial charge in [-0.25, -0.2) is 13.2 Å². The molecule has 0 saturated carbocycles. The van der Waals surface area contributed by atoms with Crippen LogP contribution >= 0.6 is 0 Å². The predicted molar refractivity (Wildman–Crippen MR) is 118 cm³/mol. The summed E-state index contributed by atoms with van der Waals surface area (Å²) in [7, 11) is -3.56. The molecule has 1 amide bonds. The second kappa shape index (κ2) is 10.4. The van der Waals surface area contributed by atoms with Gasteiger partial charge < -0.3 is 4.74 Å². The zero-order valence-electron chi connectivity index (χ0n) is 17.0. The molecular weight excluding hydrogens is 402 g/mol. The van der Waals surface area contributed by atoms with Gasteiger partial charge in [0.25, 0.3) is 0 Å². The highest BCUT2D eigenvalue weighted by atomic mass is 32.2. The summed E-state index contributed by atoms with van der Waals surface area (Å²) in [5, 5.41) is 2.56.